The lowest BCUT2D eigenvalue weighted by Crippen LogP contribution is -2.40. The predicted molar refractivity (Wildman–Crippen MR) is 75.6 cm³/mol. The zero-order chi connectivity index (χ0) is 12.4. The Labute approximate surface area is 108 Å². The van der Waals surface area contributed by atoms with Crippen LogP contribution in [0.2, 0.25) is 0 Å². The molecule has 3 nitrogen and oxygen atoms in total. The SMILES string of the molecule is CC1CN(c2ccc([C@H](C)N)nc2)CC(C)S1. The van der Waals surface area contributed by atoms with Crippen molar-refractivity contribution in [1.82, 2.24) is 4.98 Å². The fraction of sp³-hybridized carbons (Fsp3) is 0.615. The van der Waals surface area contributed by atoms with Gasteiger partial charge in [0.2, 0.25) is 0 Å². The molecule has 2 unspecified atom stereocenters. The van der Waals surface area contributed by atoms with Crippen molar-refractivity contribution in [1.29, 1.82) is 0 Å². The quantitative estimate of drug-likeness (QED) is 0.876. The lowest BCUT2D eigenvalue weighted by atomic mass is 10.2. The topological polar surface area (TPSA) is 42.1 Å². The van der Waals surface area contributed by atoms with Crippen LogP contribution < -0.4 is 10.6 Å². The van der Waals surface area contributed by atoms with Crippen LogP contribution in [0.4, 0.5) is 5.69 Å². The highest BCUT2D eigenvalue weighted by Crippen LogP contribution is 2.28. The Hall–Kier alpha value is -0.740. The second-order valence-electron chi connectivity index (χ2n) is 4.89. The lowest BCUT2D eigenvalue weighted by molar-refractivity contribution is 0.723. The van der Waals surface area contributed by atoms with Crippen LogP contribution in [0.1, 0.15) is 32.5 Å². The van der Waals surface area contributed by atoms with E-state index in [9.17, 15) is 0 Å². The summed E-state index contributed by atoms with van der Waals surface area (Å²) in [4.78, 5) is 6.85. The zero-order valence-corrected chi connectivity index (χ0v) is 11.6. The average molecular weight is 251 g/mol. The van der Waals surface area contributed by atoms with E-state index in [4.69, 9.17) is 5.73 Å². The molecule has 0 spiro atoms. The number of anilines is 1. The standard InChI is InChI=1S/C13H21N3S/c1-9-7-16(8-10(2)17-9)12-4-5-13(11(3)14)15-6-12/h4-6,9-11H,7-8,14H2,1-3H3/t9?,10?,11-/m0/s1. The largest absolute Gasteiger partial charge is 0.368 e. The molecule has 0 bridgehead atoms. The van der Waals surface area contributed by atoms with E-state index >= 15 is 0 Å². The van der Waals surface area contributed by atoms with E-state index in [1.165, 1.54) is 5.69 Å². The van der Waals surface area contributed by atoms with Gasteiger partial charge in [0.1, 0.15) is 0 Å². The van der Waals surface area contributed by atoms with Gasteiger partial charge in [-0.1, -0.05) is 13.8 Å². The van der Waals surface area contributed by atoms with E-state index in [0.717, 1.165) is 18.8 Å². The fourth-order valence-electron chi connectivity index (χ4n) is 2.24. The molecule has 17 heavy (non-hydrogen) atoms. The zero-order valence-electron chi connectivity index (χ0n) is 10.8. The van der Waals surface area contributed by atoms with Crippen molar-refractivity contribution >= 4 is 17.4 Å². The van der Waals surface area contributed by atoms with Gasteiger partial charge in [0.05, 0.1) is 17.6 Å². The summed E-state index contributed by atoms with van der Waals surface area (Å²) in [6.45, 7) is 8.75. The maximum absolute atomic E-state index is 5.81. The van der Waals surface area contributed by atoms with Gasteiger partial charge in [0, 0.05) is 29.6 Å². The molecule has 94 valence electrons. The molecule has 2 heterocycles. The van der Waals surface area contributed by atoms with E-state index in [2.05, 4.69) is 41.6 Å². The Kier molecular flexibility index (Phi) is 3.94. The fourth-order valence-corrected chi connectivity index (χ4v) is 3.57. The van der Waals surface area contributed by atoms with Crippen LogP contribution in [0.15, 0.2) is 18.3 Å². The number of hydrogen-bond acceptors (Lipinski definition) is 4. The third-order valence-corrected chi connectivity index (χ3v) is 4.25. The van der Waals surface area contributed by atoms with Gasteiger partial charge < -0.3 is 10.6 Å². The highest BCUT2D eigenvalue weighted by molar-refractivity contribution is 8.00. The third-order valence-electron chi connectivity index (χ3n) is 3.02. The molecule has 1 aromatic heterocycles. The lowest BCUT2D eigenvalue weighted by Gasteiger charge is -2.36. The molecule has 2 rings (SSSR count). The highest BCUT2D eigenvalue weighted by Gasteiger charge is 2.22. The minimum atomic E-state index is 0.0128. The molecule has 1 aliphatic rings. The molecule has 4 heteroatoms. The number of thioether (sulfide) groups is 1. The number of nitrogens with two attached hydrogens (primary N) is 1. The van der Waals surface area contributed by atoms with Gasteiger partial charge in [0.15, 0.2) is 0 Å². The molecular formula is C13H21N3S. The Morgan fingerprint density at radius 3 is 2.47 bits per heavy atom. The Balaban J connectivity index is 2.11. The first-order valence-electron chi connectivity index (χ1n) is 6.18. The van der Waals surface area contributed by atoms with E-state index in [0.29, 0.717) is 10.5 Å². The first-order valence-corrected chi connectivity index (χ1v) is 7.12. The van der Waals surface area contributed by atoms with Crippen LogP contribution in [0.5, 0.6) is 0 Å². The molecule has 0 radical (unpaired) electrons. The molecule has 1 fully saturated rings. The third kappa shape index (κ3) is 3.13. The minimum Gasteiger partial charge on any atom is -0.368 e. The molecule has 1 saturated heterocycles. The second-order valence-corrected chi connectivity index (χ2v) is 6.77. The maximum atomic E-state index is 5.81. The number of nitrogens with zero attached hydrogens (tertiary/aromatic N) is 2. The van der Waals surface area contributed by atoms with E-state index in [-0.39, 0.29) is 6.04 Å². The van der Waals surface area contributed by atoms with Crippen molar-refractivity contribution in [3.63, 3.8) is 0 Å². The molecule has 1 aromatic rings. The Morgan fingerprint density at radius 2 is 2.00 bits per heavy atom. The Bertz CT molecular complexity index is 353. The summed E-state index contributed by atoms with van der Waals surface area (Å²) in [5.74, 6) is 0. The van der Waals surface area contributed by atoms with Crippen molar-refractivity contribution in [3.8, 4) is 0 Å². The van der Waals surface area contributed by atoms with Gasteiger partial charge in [-0.05, 0) is 19.1 Å². The van der Waals surface area contributed by atoms with Crippen LogP contribution in [-0.2, 0) is 0 Å². The summed E-state index contributed by atoms with van der Waals surface area (Å²) in [7, 11) is 0. The Morgan fingerprint density at radius 1 is 1.35 bits per heavy atom. The van der Waals surface area contributed by atoms with Gasteiger partial charge in [-0.2, -0.15) is 11.8 Å². The van der Waals surface area contributed by atoms with Gasteiger partial charge in [-0.15, -0.1) is 0 Å². The highest BCUT2D eigenvalue weighted by atomic mass is 32.2. The summed E-state index contributed by atoms with van der Waals surface area (Å²) in [5.41, 5.74) is 7.98. The van der Waals surface area contributed by atoms with Crippen LogP contribution in [0.3, 0.4) is 0 Å². The minimum absolute atomic E-state index is 0.0128. The summed E-state index contributed by atoms with van der Waals surface area (Å²) < 4.78 is 0. The molecule has 2 N–H and O–H groups in total. The second kappa shape index (κ2) is 5.27. The number of rotatable bonds is 2. The van der Waals surface area contributed by atoms with Crippen LogP contribution in [0, 0.1) is 0 Å². The molecule has 0 amide bonds. The maximum Gasteiger partial charge on any atom is 0.0569 e. The van der Waals surface area contributed by atoms with E-state index in [1.807, 2.05) is 19.2 Å². The molecule has 1 aliphatic heterocycles. The molecule has 0 aromatic carbocycles. The van der Waals surface area contributed by atoms with Crippen LogP contribution in [-0.4, -0.2) is 28.6 Å². The van der Waals surface area contributed by atoms with Crippen molar-refractivity contribution in [2.24, 2.45) is 5.73 Å². The smallest absolute Gasteiger partial charge is 0.0569 e. The number of pyridine rings is 1. The summed E-state index contributed by atoms with van der Waals surface area (Å²) in [6.07, 6.45) is 1.95. The van der Waals surface area contributed by atoms with Crippen molar-refractivity contribution < 1.29 is 0 Å². The molecule has 3 atom stereocenters. The van der Waals surface area contributed by atoms with Crippen LogP contribution in [0.25, 0.3) is 0 Å². The normalized spacial score (nSPS) is 26.9. The number of hydrogen-bond donors (Lipinski definition) is 1. The first-order chi connectivity index (χ1) is 8.06. The number of aromatic nitrogens is 1. The van der Waals surface area contributed by atoms with Gasteiger partial charge in [0.25, 0.3) is 0 Å². The summed E-state index contributed by atoms with van der Waals surface area (Å²) in [5, 5.41) is 1.37. The first kappa shape index (κ1) is 12.7. The molecule has 0 saturated carbocycles. The summed E-state index contributed by atoms with van der Waals surface area (Å²) >= 11 is 2.07. The molecule has 0 aliphatic carbocycles. The van der Waals surface area contributed by atoms with Crippen molar-refractivity contribution in [2.75, 3.05) is 18.0 Å². The van der Waals surface area contributed by atoms with E-state index in [1.54, 1.807) is 0 Å². The predicted octanol–water partition coefficient (Wildman–Crippen LogP) is 2.43. The van der Waals surface area contributed by atoms with Crippen molar-refractivity contribution in [3.05, 3.63) is 24.0 Å². The van der Waals surface area contributed by atoms with Gasteiger partial charge >= 0.3 is 0 Å². The monoisotopic (exact) mass is 251 g/mol. The van der Waals surface area contributed by atoms with Gasteiger partial charge in [-0.3, -0.25) is 4.98 Å². The van der Waals surface area contributed by atoms with Crippen molar-refractivity contribution in [2.45, 2.75) is 37.3 Å². The van der Waals surface area contributed by atoms with E-state index < -0.39 is 0 Å². The molecular weight excluding hydrogens is 230 g/mol. The van der Waals surface area contributed by atoms with Crippen LogP contribution >= 0.6 is 11.8 Å². The summed E-state index contributed by atoms with van der Waals surface area (Å²) in [6, 6.07) is 4.19. The van der Waals surface area contributed by atoms with Gasteiger partial charge in [-0.25, -0.2) is 0 Å². The average Bonchev–Trinajstić information content (AvgIpc) is 2.28.